The number of hydrogen-bond donors (Lipinski definition) is 0. The van der Waals surface area contributed by atoms with E-state index in [9.17, 15) is 13.2 Å². The summed E-state index contributed by atoms with van der Waals surface area (Å²) in [5.74, 6) is -0.656. The molecule has 0 N–H and O–H groups in total. The molecule has 55 heavy (non-hydrogen) atoms. The molecule has 0 unspecified atom stereocenters. The third-order valence-electron chi connectivity index (χ3n) is 9.15. The largest absolute Gasteiger partial charge is 3.00 e. The van der Waals surface area contributed by atoms with Crippen LogP contribution < -0.4 is 0 Å². The van der Waals surface area contributed by atoms with Crippen LogP contribution in [0.15, 0.2) is 152 Å². The SMILES string of the molecule is Cc1cc(-c2nccc3ccccc23)[c-]cc1F.Cc1cc(-c2nccc3ccccc23)[c-]cc1F.Cc1cc(-c2nccc3ccccc23)ccc1F.[Ir-3]. The molecule has 0 saturated carbocycles. The Morgan fingerprint density at radius 3 is 1.22 bits per heavy atom. The first kappa shape index (κ1) is 38.7. The minimum atomic E-state index is -0.237. The van der Waals surface area contributed by atoms with Crippen molar-refractivity contribution in [1.82, 2.24) is 15.0 Å². The molecule has 0 fully saturated rings. The van der Waals surface area contributed by atoms with E-state index < -0.39 is 0 Å². The third kappa shape index (κ3) is 8.70. The van der Waals surface area contributed by atoms with Gasteiger partial charge in [0.2, 0.25) is 0 Å². The predicted octanol–water partition coefficient (Wildman–Crippen LogP) is 12.6. The fourth-order valence-electron chi connectivity index (χ4n) is 6.25. The Kier molecular flexibility index (Phi) is 12.3. The summed E-state index contributed by atoms with van der Waals surface area (Å²) in [6.07, 6.45) is 5.32. The van der Waals surface area contributed by atoms with Crippen molar-refractivity contribution in [2.75, 3.05) is 0 Å². The van der Waals surface area contributed by atoms with Gasteiger partial charge < -0.3 is 30.1 Å². The summed E-state index contributed by atoms with van der Waals surface area (Å²) >= 11 is 0. The molecule has 9 aromatic rings. The van der Waals surface area contributed by atoms with Crippen molar-refractivity contribution >= 4 is 32.3 Å². The standard InChI is InChI=1S/C16H12FN.2C16H11FN.Ir/c3*1-11-10-13(6-7-15(11)17)16-14-5-3-2-4-12(14)8-9-18-16;/h2-10H,1H3;2*2-5,7-10H,1H3;/q;2*-1;-3. The van der Waals surface area contributed by atoms with Gasteiger partial charge in [-0.05, 0) is 87.2 Å². The van der Waals surface area contributed by atoms with Crippen LogP contribution in [0.3, 0.4) is 0 Å². The molecule has 9 rings (SSSR count). The average molecular weight is 902 g/mol. The number of hydrogen-bond acceptors (Lipinski definition) is 3. The molecular formula is C48H34F3IrN3-5. The fraction of sp³-hybridized carbons (Fsp3) is 0.0625. The van der Waals surface area contributed by atoms with Gasteiger partial charge in [-0.25, -0.2) is 4.39 Å². The van der Waals surface area contributed by atoms with Crippen LogP contribution >= 0.6 is 0 Å². The number of fused-ring (bicyclic) bond motifs is 3. The number of pyridine rings is 3. The van der Waals surface area contributed by atoms with Crippen molar-refractivity contribution in [2.24, 2.45) is 0 Å². The number of nitrogens with zero attached hydrogens (tertiary/aromatic N) is 3. The Labute approximate surface area is 332 Å². The van der Waals surface area contributed by atoms with Crippen molar-refractivity contribution in [3.05, 3.63) is 198 Å². The first-order valence-corrected chi connectivity index (χ1v) is 17.4. The van der Waals surface area contributed by atoms with Crippen LogP contribution in [-0.2, 0) is 20.1 Å². The first-order chi connectivity index (χ1) is 26.3. The van der Waals surface area contributed by atoms with Crippen LogP contribution in [0.5, 0.6) is 0 Å². The normalized spacial score (nSPS) is 10.6. The van der Waals surface area contributed by atoms with E-state index in [-0.39, 0.29) is 37.6 Å². The van der Waals surface area contributed by atoms with E-state index >= 15 is 0 Å². The average Bonchev–Trinajstić information content (AvgIpc) is 3.21. The van der Waals surface area contributed by atoms with E-state index in [2.05, 4.69) is 33.2 Å². The van der Waals surface area contributed by atoms with E-state index in [1.807, 2.05) is 91.0 Å². The zero-order valence-electron chi connectivity index (χ0n) is 30.2. The maximum atomic E-state index is 13.3. The van der Waals surface area contributed by atoms with Gasteiger partial charge in [0.25, 0.3) is 0 Å². The monoisotopic (exact) mass is 902 g/mol. The molecule has 3 heterocycles. The second kappa shape index (κ2) is 17.4. The molecule has 0 aliphatic carbocycles. The van der Waals surface area contributed by atoms with Gasteiger partial charge >= 0.3 is 0 Å². The van der Waals surface area contributed by atoms with Crippen LogP contribution in [0.4, 0.5) is 13.2 Å². The van der Waals surface area contributed by atoms with Gasteiger partial charge in [-0.2, -0.15) is 0 Å². The van der Waals surface area contributed by atoms with E-state index in [0.29, 0.717) is 16.7 Å². The number of aryl methyl sites for hydroxylation is 3. The fourth-order valence-corrected chi connectivity index (χ4v) is 6.25. The molecule has 0 saturated heterocycles. The molecule has 0 amide bonds. The second-order valence-corrected chi connectivity index (χ2v) is 12.9. The molecule has 0 aliphatic rings. The van der Waals surface area contributed by atoms with Crippen molar-refractivity contribution in [3.8, 4) is 33.8 Å². The zero-order chi connectivity index (χ0) is 37.6. The van der Waals surface area contributed by atoms with Crippen LogP contribution in [0.2, 0.25) is 0 Å². The topological polar surface area (TPSA) is 38.7 Å². The summed E-state index contributed by atoms with van der Waals surface area (Å²) < 4.78 is 39.9. The molecule has 0 aliphatic heterocycles. The van der Waals surface area contributed by atoms with Crippen molar-refractivity contribution in [2.45, 2.75) is 20.8 Å². The Morgan fingerprint density at radius 2 is 0.800 bits per heavy atom. The van der Waals surface area contributed by atoms with Crippen molar-refractivity contribution < 1.29 is 33.3 Å². The molecule has 276 valence electrons. The molecule has 6 aromatic carbocycles. The van der Waals surface area contributed by atoms with Crippen molar-refractivity contribution in [1.29, 1.82) is 0 Å². The molecular weight excluding hydrogens is 868 g/mol. The smallest absolute Gasteiger partial charge is 0.126 e. The van der Waals surface area contributed by atoms with Crippen LogP contribution in [0, 0.1) is 50.4 Å². The Balaban J connectivity index is 0.000000139. The van der Waals surface area contributed by atoms with E-state index in [0.717, 1.165) is 66.1 Å². The van der Waals surface area contributed by atoms with Gasteiger partial charge in [-0.1, -0.05) is 97.8 Å². The third-order valence-corrected chi connectivity index (χ3v) is 9.15. The van der Waals surface area contributed by atoms with E-state index in [1.165, 1.54) is 18.2 Å². The maximum Gasteiger partial charge on any atom is 0.126 e. The number of aromatic nitrogens is 3. The molecule has 3 nitrogen and oxygen atoms in total. The maximum absolute atomic E-state index is 13.3. The van der Waals surface area contributed by atoms with E-state index in [1.54, 1.807) is 57.6 Å². The minimum Gasteiger partial charge on any atom is -3.00 e. The minimum absolute atomic E-state index is 0. The van der Waals surface area contributed by atoms with E-state index in [4.69, 9.17) is 0 Å². The van der Waals surface area contributed by atoms with Gasteiger partial charge in [0.1, 0.15) is 5.82 Å². The van der Waals surface area contributed by atoms with Gasteiger partial charge in [0, 0.05) is 41.2 Å². The summed E-state index contributed by atoms with van der Waals surface area (Å²) in [7, 11) is 0. The Morgan fingerprint density at radius 1 is 0.418 bits per heavy atom. The summed E-state index contributed by atoms with van der Waals surface area (Å²) in [6.45, 7) is 5.26. The molecule has 7 heteroatoms. The van der Waals surface area contributed by atoms with Crippen LogP contribution in [0.25, 0.3) is 66.1 Å². The Hall–Kier alpha value is -6.01. The van der Waals surface area contributed by atoms with Gasteiger partial charge in [-0.15, -0.1) is 47.5 Å². The molecule has 0 spiro atoms. The number of rotatable bonds is 3. The summed E-state index contributed by atoms with van der Waals surface area (Å²) in [6, 6.07) is 47.4. The molecule has 0 bridgehead atoms. The first-order valence-electron chi connectivity index (χ1n) is 17.4. The summed E-state index contributed by atoms with van der Waals surface area (Å²) in [5, 5.41) is 6.59. The van der Waals surface area contributed by atoms with Crippen LogP contribution in [-0.4, -0.2) is 15.0 Å². The zero-order valence-corrected chi connectivity index (χ0v) is 32.6. The van der Waals surface area contributed by atoms with Gasteiger partial charge in [-0.3, -0.25) is 13.8 Å². The van der Waals surface area contributed by atoms with Crippen LogP contribution in [0.1, 0.15) is 16.7 Å². The Bertz CT molecular complexity index is 2450. The predicted molar refractivity (Wildman–Crippen MR) is 213 cm³/mol. The second-order valence-electron chi connectivity index (χ2n) is 12.9. The number of halogens is 3. The molecule has 0 radical (unpaired) electrons. The van der Waals surface area contributed by atoms with Gasteiger partial charge in [0.05, 0.1) is 5.69 Å². The number of benzene rings is 6. The molecule has 3 aromatic heterocycles. The van der Waals surface area contributed by atoms with Gasteiger partial charge in [0.15, 0.2) is 0 Å². The van der Waals surface area contributed by atoms with Crippen molar-refractivity contribution in [3.63, 3.8) is 0 Å². The summed E-state index contributed by atoms with van der Waals surface area (Å²) in [4.78, 5) is 13.2. The quantitative estimate of drug-likeness (QED) is 0.166. The molecule has 0 atom stereocenters. The summed E-state index contributed by atoms with van der Waals surface area (Å²) in [5.41, 5.74) is 7.05.